The first-order valence-corrected chi connectivity index (χ1v) is 6.33. The van der Waals surface area contributed by atoms with Crippen molar-refractivity contribution in [2.24, 2.45) is 0 Å². The molecule has 1 atom stereocenters. The van der Waals surface area contributed by atoms with Gasteiger partial charge in [0.2, 0.25) is 0 Å². The zero-order chi connectivity index (χ0) is 13.9. The molecule has 0 radical (unpaired) electrons. The first-order chi connectivity index (χ1) is 9.75. The van der Waals surface area contributed by atoms with Crippen LogP contribution in [-0.2, 0) is 4.74 Å². The Bertz CT molecular complexity index is 623. The lowest BCUT2D eigenvalue weighted by atomic mass is 10.0. The van der Waals surface area contributed by atoms with Crippen molar-refractivity contribution in [2.45, 2.75) is 6.10 Å². The number of nitrogens with zero attached hydrogens (tertiary/aromatic N) is 1. The second-order valence-corrected chi connectivity index (χ2v) is 4.54. The molecular weight excluding hydrogens is 258 g/mol. The van der Waals surface area contributed by atoms with Crippen LogP contribution in [0.3, 0.4) is 0 Å². The molecule has 0 N–H and O–H groups in total. The van der Waals surface area contributed by atoms with E-state index in [0.29, 0.717) is 18.8 Å². The number of benzene rings is 2. The molecular formula is C15H13NO4. The summed E-state index contributed by atoms with van der Waals surface area (Å²) in [6.07, 6.45) is 0.0648. The minimum atomic E-state index is -0.397. The molecule has 1 aliphatic heterocycles. The Morgan fingerprint density at radius 2 is 1.95 bits per heavy atom. The predicted molar refractivity (Wildman–Crippen MR) is 73.8 cm³/mol. The number of para-hydroxylation sites is 1. The zero-order valence-corrected chi connectivity index (χ0v) is 10.7. The molecule has 2 aromatic carbocycles. The first kappa shape index (κ1) is 12.6. The van der Waals surface area contributed by atoms with Gasteiger partial charge in [0, 0.05) is 0 Å². The SMILES string of the molecule is O=[N+]([O-])c1c(OCC2CO2)cccc1-c1ccccc1. The van der Waals surface area contributed by atoms with Gasteiger partial charge >= 0.3 is 5.69 Å². The normalized spacial score (nSPS) is 16.7. The van der Waals surface area contributed by atoms with E-state index in [9.17, 15) is 10.1 Å². The summed E-state index contributed by atoms with van der Waals surface area (Å²) < 4.78 is 10.6. The molecule has 2 aromatic rings. The number of hydrogen-bond donors (Lipinski definition) is 0. The van der Waals surface area contributed by atoms with Gasteiger partial charge in [0.25, 0.3) is 0 Å². The maximum absolute atomic E-state index is 11.4. The standard InChI is InChI=1S/C15H13NO4/c17-16(18)15-13(11-5-2-1-3-6-11)7-4-8-14(15)20-10-12-9-19-12/h1-8,12H,9-10H2. The van der Waals surface area contributed by atoms with Gasteiger partial charge in [0.15, 0.2) is 5.75 Å². The summed E-state index contributed by atoms with van der Waals surface area (Å²) in [6.45, 7) is 1.01. The first-order valence-electron chi connectivity index (χ1n) is 6.33. The van der Waals surface area contributed by atoms with Crippen molar-refractivity contribution >= 4 is 5.69 Å². The van der Waals surface area contributed by atoms with Gasteiger partial charge in [-0.2, -0.15) is 0 Å². The topological polar surface area (TPSA) is 64.9 Å². The monoisotopic (exact) mass is 271 g/mol. The van der Waals surface area contributed by atoms with E-state index in [0.717, 1.165) is 5.56 Å². The minimum Gasteiger partial charge on any atom is -0.484 e. The number of ether oxygens (including phenoxy) is 2. The molecule has 5 nitrogen and oxygen atoms in total. The molecule has 1 fully saturated rings. The highest BCUT2D eigenvalue weighted by Gasteiger charge is 2.26. The van der Waals surface area contributed by atoms with Crippen LogP contribution >= 0.6 is 0 Å². The van der Waals surface area contributed by atoms with E-state index < -0.39 is 4.92 Å². The molecule has 0 aliphatic carbocycles. The number of epoxide rings is 1. The van der Waals surface area contributed by atoms with E-state index >= 15 is 0 Å². The quantitative estimate of drug-likeness (QED) is 0.476. The van der Waals surface area contributed by atoms with Crippen LogP contribution in [0, 0.1) is 10.1 Å². The highest BCUT2D eigenvalue weighted by atomic mass is 16.6. The zero-order valence-electron chi connectivity index (χ0n) is 10.7. The number of hydrogen-bond acceptors (Lipinski definition) is 4. The fourth-order valence-corrected chi connectivity index (χ4v) is 2.02. The summed E-state index contributed by atoms with van der Waals surface area (Å²) in [7, 11) is 0. The van der Waals surface area contributed by atoms with Crippen molar-refractivity contribution < 1.29 is 14.4 Å². The molecule has 3 rings (SSSR count). The van der Waals surface area contributed by atoms with Crippen molar-refractivity contribution in [3.63, 3.8) is 0 Å². The maximum atomic E-state index is 11.4. The van der Waals surface area contributed by atoms with Crippen LogP contribution in [0.5, 0.6) is 5.75 Å². The van der Waals surface area contributed by atoms with Crippen LogP contribution in [-0.4, -0.2) is 24.2 Å². The Morgan fingerprint density at radius 1 is 1.20 bits per heavy atom. The molecule has 1 saturated heterocycles. The Balaban J connectivity index is 2.00. The van der Waals surface area contributed by atoms with Crippen LogP contribution in [0.2, 0.25) is 0 Å². The summed E-state index contributed by atoms with van der Waals surface area (Å²) in [6, 6.07) is 14.4. The van der Waals surface area contributed by atoms with Gasteiger partial charge in [-0.25, -0.2) is 0 Å². The molecule has 0 spiro atoms. The average molecular weight is 271 g/mol. The van der Waals surface area contributed by atoms with E-state index in [4.69, 9.17) is 9.47 Å². The Morgan fingerprint density at radius 3 is 2.60 bits per heavy atom. The van der Waals surface area contributed by atoms with Crippen LogP contribution in [0.1, 0.15) is 0 Å². The molecule has 102 valence electrons. The third-order valence-electron chi connectivity index (χ3n) is 3.09. The van der Waals surface area contributed by atoms with E-state index in [2.05, 4.69) is 0 Å². The van der Waals surface area contributed by atoms with E-state index in [1.807, 2.05) is 30.3 Å². The van der Waals surface area contributed by atoms with Crippen LogP contribution < -0.4 is 4.74 Å². The smallest absolute Gasteiger partial charge is 0.318 e. The van der Waals surface area contributed by atoms with Gasteiger partial charge in [-0.1, -0.05) is 36.4 Å². The van der Waals surface area contributed by atoms with Gasteiger partial charge in [0.05, 0.1) is 17.1 Å². The lowest BCUT2D eigenvalue weighted by molar-refractivity contribution is -0.385. The summed E-state index contributed by atoms with van der Waals surface area (Å²) >= 11 is 0. The summed E-state index contributed by atoms with van der Waals surface area (Å²) in [5.41, 5.74) is 1.36. The van der Waals surface area contributed by atoms with Crippen molar-refractivity contribution in [3.05, 3.63) is 58.6 Å². The third kappa shape index (κ3) is 2.62. The molecule has 1 aliphatic rings. The largest absolute Gasteiger partial charge is 0.484 e. The molecule has 1 heterocycles. The molecule has 0 amide bonds. The highest BCUT2D eigenvalue weighted by Crippen LogP contribution is 2.37. The number of nitro groups is 1. The Kier molecular flexibility index (Phi) is 3.35. The molecule has 5 heteroatoms. The Hall–Kier alpha value is -2.40. The lowest BCUT2D eigenvalue weighted by Crippen LogP contribution is -2.06. The molecule has 0 aromatic heterocycles. The average Bonchev–Trinajstić information content (AvgIpc) is 3.29. The molecule has 0 saturated carbocycles. The van der Waals surface area contributed by atoms with E-state index in [1.165, 1.54) is 0 Å². The summed E-state index contributed by atoms with van der Waals surface area (Å²) in [5.74, 6) is 0.284. The highest BCUT2D eigenvalue weighted by molar-refractivity contribution is 5.77. The van der Waals surface area contributed by atoms with Gasteiger partial charge in [-0.15, -0.1) is 0 Å². The Labute approximate surface area is 115 Å². The second-order valence-electron chi connectivity index (χ2n) is 4.54. The fourth-order valence-electron chi connectivity index (χ4n) is 2.02. The van der Waals surface area contributed by atoms with E-state index in [1.54, 1.807) is 18.2 Å². The summed E-state index contributed by atoms with van der Waals surface area (Å²) in [5, 5.41) is 11.4. The van der Waals surface area contributed by atoms with E-state index in [-0.39, 0.29) is 17.5 Å². The minimum absolute atomic E-state index is 0.000602. The van der Waals surface area contributed by atoms with Crippen molar-refractivity contribution in [1.82, 2.24) is 0 Å². The molecule has 0 bridgehead atoms. The van der Waals surface area contributed by atoms with Crippen LogP contribution in [0.4, 0.5) is 5.69 Å². The third-order valence-corrected chi connectivity index (χ3v) is 3.09. The van der Waals surface area contributed by atoms with Crippen LogP contribution in [0.25, 0.3) is 11.1 Å². The molecule has 1 unspecified atom stereocenters. The predicted octanol–water partition coefficient (Wildman–Crippen LogP) is 3.04. The van der Waals surface area contributed by atoms with Crippen molar-refractivity contribution in [1.29, 1.82) is 0 Å². The van der Waals surface area contributed by atoms with Gasteiger partial charge in [-0.05, 0) is 17.7 Å². The number of rotatable bonds is 5. The van der Waals surface area contributed by atoms with Gasteiger partial charge in [-0.3, -0.25) is 10.1 Å². The van der Waals surface area contributed by atoms with Crippen molar-refractivity contribution in [2.75, 3.05) is 13.2 Å². The second kappa shape index (κ2) is 5.30. The van der Waals surface area contributed by atoms with Gasteiger partial charge < -0.3 is 9.47 Å². The van der Waals surface area contributed by atoms with Gasteiger partial charge in [0.1, 0.15) is 12.7 Å². The lowest BCUT2D eigenvalue weighted by Gasteiger charge is -2.09. The maximum Gasteiger partial charge on any atom is 0.318 e. The fraction of sp³-hybridized carbons (Fsp3) is 0.200. The van der Waals surface area contributed by atoms with Crippen LogP contribution in [0.15, 0.2) is 48.5 Å². The molecule has 20 heavy (non-hydrogen) atoms. The number of nitro benzene ring substituents is 1. The summed E-state index contributed by atoms with van der Waals surface area (Å²) in [4.78, 5) is 11.0. The van der Waals surface area contributed by atoms with Crippen molar-refractivity contribution in [3.8, 4) is 16.9 Å².